The Morgan fingerprint density at radius 2 is 0.962 bits per heavy atom. The average molecular weight is 424 g/mol. The normalized spacial score (nSPS) is 15.5. The summed E-state index contributed by atoms with van der Waals surface area (Å²) in [7, 11) is 0. The molecule has 0 radical (unpaired) electrons. The van der Waals surface area contributed by atoms with Crippen molar-refractivity contribution >= 4 is 0 Å². The highest BCUT2D eigenvalue weighted by atomic mass is 19.4. The zero-order valence-electron chi connectivity index (χ0n) is 12.0. The van der Waals surface area contributed by atoms with Gasteiger partial charge in [0.1, 0.15) is 0 Å². The molecule has 0 heterocycles. The first-order chi connectivity index (χ1) is 11.3. The summed E-state index contributed by atoms with van der Waals surface area (Å²) in [6, 6.07) is 0. The lowest BCUT2D eigenvalue weighted by Crippen LogP contribution is -2.70. The molecule has 0 atom stereocenters. The van der Waals surface area contributed by atoms with Crippen LogP contribution >= 0.6 is 0 Å². The summed E-state index contributed by atoms with van der Waals surface area (Å²) < 4.78 is 171. The smallest absolute Gasteiger partial charge is 0.394 e. The number of ether oxygens (including phenoxy) is 2. The summed E-state index contributed by atoms with van der Waals surface area (Å²) in [6.07, 6.45) is -14.0. The van der Waals surface area contributed by atoms with E-state index in [-0.39, 0.29) is 0 Å². The zero-order chi connectivity index (χ0) is 21.2. The molecule has 1 N–H and O–H groups in total. The molecule has 0 aliphatic heterocycles. The van der Waals surface area contributed by atoms with Crippen LogP contribution in [-0.2, 0) is 9.47 Å². The van der Waals surface area contributed by atoms with Crippen molar-refractivity contribution in [2.45, 2.75) is 36.0 Å². The lowest BCUT2D eigenvalue weighted by molar-refractivity contribution is -0.466. The fraction of sp³-hybridized carbons (Fsp3) is 1.00. The molecule has 16 heteroatoms. The molecule has 0 saturated carbocycles. The van der Waals surface area contributed by atoms with E-state index in [1.54, 1.807) is 0 Å². The van der Waals surface area contributed by atoms with Gasteiger partial charge in [0, 0.05) is 0 Å². The Morgan fingerprint density at radius 3 is 1.35 bits per heavy atom. The maximum atomic E-state index is 13.1. The van der Waals surface area contributed by atoms with Crippen molar-refractivity contribution in [3.05, 3.63) is 0 Å². The molecule has 158 valence electrons. The van der Waals surface area contributed by atoms with Crippen LogP contribution in [0.3, 0.4) is 0 Å². The predicted molar refractivity (Wildman–Crippen MR) is 54.6 cm³/mol. The van der Waals surface area contributed by atoms with Gasteiger partial charge in [0.05, 0.1) is 26.4 Å². The fourth-order valence-corrected chi connectivity index (χ4v) is 1.24. The minimum atomic E-state index is -7.96. The zero-order valence-corrected chi connectivity index (χ0v) is 12.0. The molecule has 0 aromatic heterocycles. The van der Waals surface area contributed by atoms with Gasteiger partial charge in [0.25, 0.3) is 0 Å². The lowest BCUT2D eigenvalue weighted by Gasteiger charge is -2.39. The third kappa shape index (κ3) is 4.11. The Bertz CT molecular complexity index is 460. The molecule has 0 rings (SSSR count). The number of aliphatic hydroxyl groups excluding tert-OH is 1. The van der Waals surface area contributed by atoms with E-state index in [0.717, 1.165) is 0 Å². The molecule has 3 nitrogen and oxygen atoms in total. The largest absolute Gasteiger partial charge is 0.460 e. The fourth-order valence-electron chi connectivity index (χ4n) is 1.24. The summed E-state index contributed by atoms with van der Waals surface area (Å²) in [6.45, 7) is -3.99. The molecule has 0 aliphatic rings. The molecule has 0 aromatic carbocycles. The van der Waals surface area contributed by atoms with Crippen LogP contribution in [0.1, 0.15) is 0 Å². The Morgan fingerprint density at radius 1 is 0.538 bits per heavy atom. The molecule has 0 amide bonds. The van der Waals surface area contributed by atoms with E-state index < -0.39 is 62.4 Å². The van der Waals surface area contributed by atoms with Crippen LogP contribution in [0.5, 0.6) is 0 Å². The first-order valence-corrected chi connectivity index (χ1v) is 6.09. The van der Waals surface area contributed by atoms with Gasteiger partial charge in [0.15, 0.2) is 0 Å². The Hall–Kier alpha value is -1.03. The summed E-state index contributed by atoms with van der Waals surface area (Å²) in [5, 5.41) is 8.21. The van der Waals surface area contributed by atoms with E-state index >= 15 is 0 Å². The second-order valence-electron chi connectivity index (χ2n) is 4.50. The van der Waals surface area contributed by atoms with Crippen LogP contribution in [0.2, 0.25) is 0 Å². The molecular formula is C10H9F13O3. The molecule has 0 aromatic rings. The van der Waals surface area contributed by atoms with Crippen molar-refractivity contribution in [3.63, 3.8) is 0 Å². The van der Waals surface area contributed by atoms with Crippen molar-refractivity contribution in [2.24, 2.45) is 0 Å². The van der Waals surface area contributed by atoms with Crippen LogP contribution in [0, 0.1) is 0 Å². The van der Waals surface area contributed by atoms with Crippen molar-refractivity contribution in [1.29, 1.82) is 0 Å². The second kappa shape index (κ2) is 7.53. The molecule has 0 bridgehead atoms. The van der Waals surface area contributed by atoms with Crippen molar-refractivity contribution in [3.8, 4) is 0 Å². The van der Waals surface area contributed by atoms with Crippen LogP contribution in [0.15, 0.2) is 0 Å². The van der Waals surface area contributed by atoms with Crippen LogP contribution < -0.4 is 0 Å². The van der Waals surface area contributed by atoms with Crippen LogP contribution in [0.25, 0.3) is 0 Å². The van der Waals surface area contributed by atoms with Gasteiger partial charge >= 0.3 is 36.0 Å². The molecule has 0 fully saturated rings. The Balaban J connectivity index is 5.64. The van der Waals surface area contributed by atoms with Crippen LogP contribution in [-0.4, -0.2) is 67.5 Å². The van der Waals surface area contributed by atoms with Crippen molar-refractivity contribution in [1.82, 2.24) is 0 Å². The van der Waals surface area contributed by atoms with Crippen molar-refractivity contribution < 1.29 is 71.7 Å². The van der Waals surface area contributed by atoms with Gasteiger partial charge in [-0.1, -0.05) is 0 Å². The molecule has 0 spiro atoms. The third-order valence-electron chi connectivity index (χ3n) is 2.65. The number of rotatable bonds is 10. The first-order valence-electron chi connectivity index (χ1n) is 6.09. The average Bonchev–Trinajstić information content (AvgIpc) is 2.44. The van der Waals surface area contributed by atoms with Gasteiger partial charge in [-0.3, -0.25) is 0 Å². The van der Waals surface area contributed by atoms with Gasteiger partial charge in [-0.25, -0.2) is 0 Å². The highest BCUT2D eigenvalue weighted by Gasteiger charge is 2.91. The summed E-state index contributed by atoms with van der Waals surface area (Å²) in [5.41, 5.74) is 0. The van der Waals surface area contributed by atoms with Gasteiger partial charge in [-0.2, -0.15) is 57.1 Å². The number of halogens is 13. The van der Waals surface area contributed by atoms with Crippen LogP contribution in [0.4, 0.5) is 57.1 Å². The Kier molecular flexibility index (Phi) is 7.24. The summed E-state index contributed by atoms with van der Waals surface area (Å²) in [4.78, 5) is 0. The SMILES string of the molecule is OCCOCCOC(F)(F)C(F)(F)C(F)(F)C(F)(F)C(F)(F)C(F)(F)F. The number of hydrogen-bond acceptors (Lipinski definition) is 3. The summed E-state index contributed by atoms with van der Waals surface area (Å²) >= 11 is 0. The highest BCUT2D eigenvalue weighted by Crippen LogP contribution is 2.60. The summed E-state index contributed by atoms with van der Waals surface area (Å²) in [5.74, 6) is -31.1. The minimum Gasteiger partial charge on any atom is -0.394 e. The molecule has 0 saturated heterocycles. The third-order valence-corrected chi connectivity index (χ3v) is 2.65. The quantitative estimate of drug-likeness (QED) is 0.430. The number of hydrogen-bond donors (Lipinski definition) is 1. The molecule has 0 aliphatic carbocycles. The second-order valence-corrected chi connectivity index (χ2v) is 4.50. The topological polar surface area (TPSA) is 38.7 Å². The van der Waals surface area contributed by atoms with E-state index in [1.807, 2.05) is 0 Å². The first kappa shape index (κ1) is 25.0. The monoisotopic (exact) mass is 424 g/mol. The highest BCUT2D eigenvalue weighted by molar-refractivity contribution is 5.08. The lowest BCUT2D eigenvalue weighted by atomic mass is 9.97. The van der Waals surface area contributed by atoms with E-state index in [1.165, 1.54) is 0 Å². The minimum absolute atomic E-state index is 0.558. The number of alkyl halides is 13. The molecular weight excluding hydrogens is 415 g/mol. The van der Waals surface area contributed by atoms with Gasteiger partial charge in [0.2, 0.25) is 0 Å². The van der Waals surface area contributed by atoms with Gasteiger partial charge < -0.3 is 14.6 Å². The van der Waals surface area contributed by atoms with E-state index in [0.29, 0.717) is 0 Å². The molecule has 26 heavy (non-hydrogen) atoms. The maximum absolute atomic E-state index is 13.1. The van der Waals surface area contributed by atoms with E-state index in [4.69, 9.17) is 5.11 Å². The van der Waals surface area contributed by atoms with E-state index in [9.17, 15) is 57.1 Å². The van der Waals surface area contributed by atoms with Gasteiger partial charge in [-0.15, -0.1) is 0 Å². The van der Waals surface area contributed by atoms with Gasteiger partial charge in [-0.05, 0) is 0 Å². The van der Waals surface area contributed by atoms with E-state index in [2.05, 4.69) is 9.47 Å². The van der Waals surface area contributed by atoms with Crippen molar-refractivity contribution in [2.75, 3.05) is 26.4 Å². The molecule has 0 unspecified atom stereocenters. The Labute approximate surface area is 135 Å². The number of aliphatic hydroxyl groups is 1. The maximum Gasteiger partial charge on any atom is 0.460 e. The predicted octanol–water partition coefficient (Wildman–Crippen LogP) is 3.71. The standard InChI is InChI=1S/C10H9F13O3/c11-5(12,7(15,16)9(19,20)21)6(13,14)8(17,18)10(22,23)26-4-3-25-2-1-24/h24H,1-4H2.